The summed E-state index contributed by atoms with van der Waals surface area (Å²) in [6.07, 6.45) is -2.10. The van der Waals surface area contributed by atoms with E-state index in [9.17, 15) is 18.3 Å². The van der Waals surface area contributed by atoms with Gasteiger partial charge in [0.15, 0.2) is 5.82 Å². The number of ether oxygens (including phenoxy) is 1. The molecule has 3 heterocycles. The van der Waals surface area contributed by atoms with Gasteiger partial charge in [0.25, 0.3) is 0 Å². The van der Waals surface area contributed by atoms with Gasteiger partial charge >= 0.3 is 6.18 Å². The molecule has 10 heteroatoms. The number of hydrogen-bond acceptors (Lipinski definition) is 7. The average Bonchev–Trinajstić information content (AvgIpc) is 2.93. The molecule has 0 bridgehead atoms. The molecule has 0 radical (unpaired) electrons. The van der Waals surface area contributed by atoms with Crippen LogP contribution in [-0.4, -0.2) is 47.7 Å². The molecule has 1 atom stereocenters. The van der Waals surface area contributed by atoms with Crippen LogP contribution in [0.5, 0.6) is 0 Å². The Labute approximate surface area is 166 Å². The second-order valence-electron chi connectivity index (χ2n) is 7.26. The summed E-state index contributed by atoms with van der Waals surface area (Å²) in [4.78, 5) is 12.4. The Bertz CT molecular complexity index is 902. The van der Waals surface area contributed by atoms with E-state index in [1.807, 2.05) is 4.90 Å². The first-order valence-corrected chi connectivity index (χ1v) is 9.34. The lowest BCUT2D eigenvalue weighted by molar-refractivity contribution is -0.137. The van der Waals surface area contributed by atoms with Crippen LogP contribution in [0, 0.1) is 6.92 Å². The molecule has 2 aliphatic heterocycles. The van der Waals surface area contributed by atoms with Crippen molar-refractivity contribution in [2.24, 2.45) is 0 Å². The molecule has 1 unspecified atom stereocenters. The van der Waals surface area contributed by atoms with Crippen molar-refractivity contribution in [3.63, 3.8) is 0 Å². The van der Waals surface area contributed by atoms with E-state index in [1.165, 1.54) is 6.07 Å². The van der Waals surface area contributed by atoms with Crippen molar-refractivity contribution in [1.29, 1.82) is 0 Å². The fourth-order valence-electron chi connectivity index (χ4n) is 3.71. The van der Waals surface area contributed by atoms with Crippen LogP contribution in [0.2, 0.25) is 0 Å². The highest BCUT2D eigenvalue weighted by Gasteiger charge is 2.39. The number of fused-ring (bicyclic) bond motifs is 1. The summed E-state index contributed by atoms with van der Waals surface area (Å²) < 4.78 is 44.1. The zero-order valence-corrected chi connectivity index (χ0v) is 16.1. The summed E-state index contributed by atoms with van der Waals surface area (Å²) in [5.41, 5.74) is 0.911. The molecule has 0 amide bonds. The quantitative estimate of drug-likeness (QED) is 0.806. The van der Waals surface area contributed by atoms with Crippen LogP contribution in [-0.2, 0) is 10.9 Å². The Morgan fingerprint density at radius 1 is 1.24 bits per heavy atom. The van der Waals surface area contributed by atoms with Crippen molar-refractivity contribution in [3.8, 4) is 0 Å². The first kappa shape index (κ1) is 19.7. The van der Waals surface area contributed by atoms with Gasteiger partial charge in [-0.3, -0.25) is 0 Å². The molecule has 1 aromatic carbocycles. The van der Waals surface area contributed by atoms with Gasteiger partial charge in [-0.2, -0.15) is 18.2 Å². The van der Waals surface area contributed by atoms with E-state index in [0.717, 1.165) is 25.0 Å². The molecule has 156 valence electrons. The molecular formula is C19H22F3N5O2. The van der Waals surface area contributed by atoms with Gasteiger partial charge in [0.05, 0.1) is 11.8 Å². The number of hydrogen-bond donors (Lipinski definition) is 2. The Morgan fingerprint density at radius 2 is 1.97 bits per heavy atom. The van der Waals surface area contributed by atoms with Crippen molar-refractivity contribution >= 4 is 23.1 Å². The van der Waals surface area contributed by atoms with Crippen LogP contribution >= 0.6 is 0 Å². The highest BCUT2D eigenvalue weighted by Crippen LogP contribution is 2.40. The third-order valence-electron chi connectivity index (χ3n) is 5.35. The molecular weight excluding hydrogens is 387 g/mol. The molecule has 1 aromatic heterocycles. The second-order valence-corrected chi connectivity index (χ2v) is 7.26. The minimum Gasteiger partial charge on any atom is -0.381 e. The fraction of sp³-hybridized carbons (Fsp3) is 0.474. The standard InChI is InChI=1S/C19H22F3N5O2/c1-11-9-12(19(20,21)22)3-4-14(11)24-17-23-10-15-16(25-17)27(18(28)26(15)2)13-5-7-29-8-6-13/h3-4,9-10,13,18,28H,5-8H2,1-2H3,(H,23,24,25). The van der Waals surface area contributed by atoms with Crippen molar-refractivity contribution in [3.05, 3.63) is 35.5 Å². The van der Waals surface area contributed by atoms with Crippen molar-refractivity contribution in [1.82, 2.24) is 9.97 Å². The van der Waals surface area contributed by atoms with Gasteiger partial charge in [0.1, 0.15) is 5.69 Å². The molecule has 29 heavy (non-hydrogen) atoms. The van der Waals surface area contributed by atoms with Gasteiger partial charge in [-0.25, -0.2) is 4.98 Å². The number of aliphatic hydroxyl groups is 1. The highest BCUT2D eigenvalue weighted by molar-refractivity contribution is 5.74. The van der Waals surface area contributed by atoms with Gasteiger partial charge in [-0.15, -0.1) is 0 Å². The SMILES string of the molecule is Cc1cc(C(F)(F)F)ccc1Nc1ncc2c(n1)N(C1CCOCC1)C(O)N2C. The van der Waals surface area contributed by atoms with E-state index in [4.69, 9.17) is 4.74 Å². The summed E-state index contributed by atoms with van der Waals surface area (Å²) in [7, 11) is 1.76. The monoisotopic (exact) mass is 409 g/mol. The summed E-state index contributed by atoms with van der Waals surface area (Å²) >= 11 is 0. The maximum absolute atomic E-state index is 12.9. The lowest BCUT2D eigenvalue weighted by atomic mass is 10.1. The van der Waals surface area contributed by atoms with Gasteiger partial charge in [0, 0.05) is 32.0 Å². The summed E-state index contributed by atoms with van der Waals surface area (Å²) in [6, 6.07) is 3.56. The Balaban J connectivity index is 1.62. The number of benzene rings is 1. The minimum atomic E-state index is -4.39. The number of halogens is 3. The molecule has 0 saturated carbocycles. The van der Waals surface area contributed by atoms with E-state index >= 15 is 0 Å². The van der Waals surface area contributed by atoms with Crippen LogP contribution in [0.15, 0.2) is 24.4 Å². The molecule has 1 fully saturated rings. The number of rotatable bonds is 3. The predicted octanol–water partition coefficient (Wildman–Crippen LogP) is 3.26. The molecule has 1 saturated heterocycles. The van der Waals surface area contributed by atoms with Gasteiger partial charge in [-0.1, -0.05) is 0 Å². The average molecular weight is 409 g/mol. The van der Waals surface area contributed by atoms with Crippen molar-refractivity contribution in [2.45, 2.75) is 38.3 Å². The lowest BCUT2D eigenvalue weighted by Crippen LogP contribution is -2.49. The Hall–Kier alpha value is -2.59. The molecule has 2 N–H and O–H groups in total. The smallest absolute Gasteiger partial charge is 0.381 e. The molecule has 0 aliphatic carbocycles. The van der Waals surface area contributed by atoms with E-state index < -0.39 is 18.1 Å². The number of aliphatic hydroxyl groups excluding tert-OH is 1. The topological polar surface area (TPSA) is 73.8 Å². The molecule has 2 aromatic rings. The molecule has 2 aliphatic rings. The van der Waals surface area contributed by atoms with Crippen LogP contribution in [0.3, 0.4) is 0 Å². The summed E-state index contributed by atoms with van der Waals surface area (Å²) in [6.45, 7) is 2.83. The number of nitrogens with one attached hydrogen (secondary N) is 1. The largest absolute Gasteiger partial charge is 0.416 e. The van der Waals surface area contributed by atoms with Gasteiger partial charge in [0.2, 0.25) is 12.3 Å². The molecule has 7 nitrogen and oxygen atoms in total. The molecule has 0 spiro atoms. The maximum Gasteiger partial charge on any atom is 0.416 e. The number of nitrogens with zero attached hydrogens (tertiary/aromatic N) is 4. The van der Waals surface area contributed by atoms with Crippen LogP contribution in [0.25, 0.3) is 0 Å². The van der Waals surface area contributed by atoms with E-state index in [0.29, 0.717) is 36.0 Å². The zero-order chi connectivity index (χ0) is 20.8. The third kappa shape index (κ3) is 3.69. The first-order chi connectivity index (χ1) is 13.8. The number of aromatic nitrogens is 2. The van der Waals surface area contributed by atoms with Crippen LogP contribution < -0.4 is 15.1 Å². The molecule has 4 rings (SSSR count). The zero-order valence-electron chi connectivity index (χ0n) is 16.1. The van der Waals surface area contributed by atoms with E-state index in [-0.39, 0.29) is 12.0 Å². The number of anilines is 4. The second kappa shape index (κ2) is 7.34. The lowest BCUT2D eigenvalue weighted by Gasteiger charge is -2.35. The Kier molecular flexibility index (Phi) is 4.99. The fourth-order valence-corrected chi connectivity index (χ4v) is 3.71. The predicted molar refractivity (Wildman–Crippen MR) is 102 cm³/mol. The normalized spacial score (nSPS) is 20.1. The van der Waals surface area contributed by atoms with E-state index in [2.05, 4.69) is 15.3 Å². The third-order valence-corrected chi connectivity index (χ3v) is 5.35. The van der Waals surface area contributed by atoms with Crippen molar-refractivity contribution < 1.29 is 23.0 Å². The van der Waals surface area contributed by atoms with Crippen LogP contribution in [0.1, 0.15) is 24.0 Å². The number of alkyl halides is 3. The van der Waals surface area contributed by atoms with Gasteiger partial charge in [-0.05, 0) is 43.5 Å². The van der Waals surface area contributed by atoms with Gasteiger partial charge < -0.3 is 25.0 Å². The maximum atomic E-state index is 12.9. The minimum absolute atomic E-state index is 0.0815. The highest BCUT2D eigenvalue weighted by atomic mass is 19.4. The summed E-state index contributed by atoms with van der Waals surface area (Å²) in [5, 5.41) is 13.7. The van der Waals surface area contributed by atoms with E-state index in [1.54, 1.807) is 25.1 Å². The van der Waals surface area contributed by atoms with Crippen LogP contribution in [0.4, 0.5) is 36.3 Å². The summed E-state index contributed by atoms with van der Waals surface area (Å²) in [5.74, 6) is 0.847. The first-order valence-electron chi connectivity index (χ1n) is 9.34. The number of aryl methyl sites for hydroxylation is 1. The van der Waals surface area contributed by atoms with Crippen molar-refractivity contribution in [2.75, 3.05) is 35.4 Å². The Morgan fingerprint density at radius 3 is 2.62 bits per heavy atom.